The Bertz CT molecular complexity index is 967. The first-order valence-corrected chi connectivity index (χ1v) is 9.03. The zero-order valence-electron chi connectivity index (χ0n) is 13.8. The first-order chi connectivity index (χ1) is 12.6. The van der Waals surface area contributed by atoms with Crippen LogP contribution >= 0.6 is 23.2 Å². The highest BCUT2D eigenvalue weighted by atomic mass is 35.5. The average Bonchev–Trinajstić information content (AvgIpc) is 3.28. The zero-order valence-corrected chi connectivity index (χ0v) is 15.3. The van der Waals surface area contributed by atoms with Crippen LogP contribution in [0.4, 0.5) is 11.5 Å². The number of anilines is 2. The Hall–Kier alpha value is -2.38. The van der Waals surface area contributed by atoms with Gasteiger partial charge in [0.2, 0.25) is 5.91 Å². The van der Waals surface area contributed by atoms with Gasteiger partial charge in [-0.15, -0.1) is 0 Å². The molecule has 0 bridgehead atoms. The van der Waals surface area contributed by atoms with Crippen LogP contribution in [0, 0.1) is 0 Å². The van der Waals surface area contributed by atoms with E-state index in [0.717, 1.165) is 37.3 Å². The van der Waals surface area contributed by atoms with Crippen molar-refractivity contribution in [2.75, 3.05) is 23.3 Å². The number of aromatic nitrogens is 4. The van der Waals surface area contributed by atoms with Crippen LogP contribution in [0.15, 0.2) is 30.9 Å². The predicted octanol–water partition coefficient (Wildman–Crippen LogP) is 3.37. The molecule has 134 valence electrons. The topological polar surface area (TPSA) is 75.9 Å². The van der Waals surface area contributed by atoms with Crippen LogP contribution in [0.5, 0.6) is 0 Å². The van der Waals surface area contributed by atoms with E-state index in [1.807, 2.05) is 0 Å². The molecule has 1 amide bonds. The summed E-state index contributed by atoms with van der Waals surface area (Å²) in [7, 11) is 0. The highest BCUT2D eigenvalue weighted by Gasteiger charge is 2.19. The molecule has 26 heavy (non-hydrogen) atoms. The molecule has 1 aromatic carbocycles. The molecule has 0 radical (unpaired) electrons. The van der Waals surface area contributed by atoms with Crippen LogP contribution in [0.1, 0.15) is 12.8 Å². The molecule has 9 heteroatoms. The van der Waals surface area contributed by atoms with Crippen molar-refractivity contribution in [1.82, 2.24) is 19.5 Å². The smallest absolute Gasteiger partial charge is 0.244 e. The Morgan fingerprint density at radius 1 is 1.12 bits per heavy atom. The number of benzene rings is 1. The van der Waals surface area contributed by atoms with Gasteiger partial charge in [0.15, 0.2) is 17.0 Å². The lowest BCUT2D eigenvalue weighted by Crippen LogP contribution is -2.20. The van der Waals surface area contributed by atoms with Gasteiger partial charge in [0.05, 0.1) is 16.4 Å². The second kappa shape index (κ2) is 7.09. The second-order valence-corrected chi connectivity index (χ2v) is 6.93. The van der Waals surface area contributed by atoms with E-state index in [2.05, 4.69) is 25.2 Å². The number of nitrogens with one attached hydrogen (secondary N) is 1. The fraction of sp³-hybridized carbons (Fsp3) is 0.294. The number of carbonyl (C=O) groups excluding carboxylic acids is 1. The van der Waals surface area contributed by atoms with E-state index >= 15 is 0 Å². The van der Waals surface area contributed by atoms with Crippen LogP contribution in [0.2, 0.25) is 10.0 Å². The number of nitrogens with zero attached hydrogens (tertiary/aromatic N) is 5. The molecule has 1 fully saturated rings. The maximum absolute atomic E-state index is 12.4. The van der Waals surface area contributed by atoms with Gasteiger partial charge in [0, 0.05) is 18.8 Å². The van der Waals surface area contributed by atoms with E-state index in [1.165, 1.54) is 6.33 Å². The van der Waals surface area contributed by atoms with Gasteiger partial charge in [-0.05, 0) is 31.0 Å². The van der Waals surface area contributed by atoms with Crippen molar-refractivity contribution in [3.05, 3.63) is 40.9 Å². The van der Waals surface area contributed by atoms with Crippen molar-refractivity contribution in [1.29, 1.82) is 0 Å². The molecule has 1 N–H and O–H groups in total. The number of carbonyl (C=O) groups is 1. The average molecular weight is 391 g/mol. The van der Waals surface area contributed by atoms with Gasteiger partial charge in [-0.25, -0.2) is 15.0 Å². The van der Waals surface area contributed by atoms with E-state index in [0.29, 0.717) is 21.4 Å². The van der Waals surface area contributed by atoms with Crippen molar-refractivity contribution >= 4 is 51.8 Å². The first kappa shape index (κ1) is 17.1. The third-order valence-corrected chi connectivity index (χ3v) is 5.04. The number of amides is 1. The number of rotatable bonds is 4. The monoisotopic (exact) mass is 390 g/mol. The molecule has 0 aliphatic carbocycles. The quantitative estimate of drug-likeness (QED) is 0.738. The molecule has 1 aliphatic heterocycles. The summed E-state index contributed by atoms with van der Waals surface area (Å²) in [6.45, 7) is 2.03. The van der Waals surface area contributed by atoms with E-state index in [1.54, 1.807) is 29.1 Å². The van der Waals surface area contributed by atoms with Crippen LogP contribution in [-0.2, 0) is 11.3 Å². The summed E-state index contributed by atoms with van der Waals surface area (Å²) in [4.78, 5) is 27.7. The van der Waals surface area contributed by atoms with Crippen molar-refractivity contribution in [2.24, 2.45) is 0 Å². The van der Waals surface area contributed by atoms with Gasteiger partial charge in [-0.1, -0.05) is 23.2 Å². The molecule has 3 aromatic rings. The highest BCUT2D eigenvalue weighted by molar-refractivity contribution is 6.42. The van der Waals surface area contributed by atoms with E-state index in [4.69, 9.17) is 23.2 Å². The van der Waals surface area contributed by atoms with E-state index in [-0.39, 0.29) is 12.5 Å². The van der Waals surface area contributed by atoms with Crippen molar-refractivity contribution in [3.63, 3.8) is 0 Å². The SMILES string of the molecule is O=C(Cn1cnc2c(N3CCCC3)ncnc21)Nc1ccc(Cl)c(Cl)c1. The molecule has 0 unspecified atom stereocenters. The molecule has 4 rings (SSSR count). The van der Waals surface area contributed by atoms with Crippen LogP contribution in [-0.4, -0.2) is 38.5 Å². The van der Waals surface area contributed by atoms with Crippen molar-refractivity contribution < 1.29 is 4.79 Å². The summed E-state index contributed by atoms with van der Waals surface area (Å²) in [6, 6.07) is 4.95. The van der Waals surface area contributed by atoms with Crippen LogP contribution in [0.3, 0.4) is 0 Å². The van der Waals surface area contributed by atoms with Gasteiger partial charge in [0.1, 0.15) is 12.9 Å². The Kier molecular flexibility index (Phi) is 4.65. The molecule has 1 saturated heterocycles. The minimum atomic E-state index is -0.205. The maximum Gasteiger partial charge on any atom is 0.244 e. The minimum absolute atomic E-state index is 0.0905. The minimum Gasteiger partial charge on any atom is -0.355 e. The molecule has 0 atom stereocenters. The van der Waals surface area contributed by atoms with Gasteiger partial charge >= 0.3 is 0 Å². The molecular formula is C17H16Cl2N6O. The number of halogens is 2. The highest BCUT2D eigenvalue weighted by Crippen LogP contribution is 2.26. The third-order valence-electron chi connectivity index (χ3n) is 4.30. The largest absolute Gasteiger partial charge is 0.355 e. The third kappa shape index (κ3) is 3.32. The fourth-order valence-electron chi connectivity index (χ4n) is 3.07. The Labute approximate surface area is 160 Å². The Morgan fingerprint density at radius 3 is 2.69 bits per heavy atom. The lowest BCUT2D eigenvalue weighted by molar-refractivity contribution is -0.116. The van der Waals surface area contributed by atoms with Gasteiger partial charge < -0.3 is 14.8 Å². The summed E-state index contributed by atoms with van der Waals surface area (Å²) >= 11 is 11.9. The number of hydrogen-bond acceptors (Lipinski definition) is 5. The second-order valence-electron chi connectivity index (χ2n) is 6.11. The van der Waals surface area contributed by atoms with Crippen LogP contribution in [0.25, 0.3) is 11.2 Å². The van der Waals surface area contributed by atoms with Crippen LogP contribution < -0.4 is 10.2 Å². The molecule has 2 aromatic heterocycles. The van der Waals surface area contributed by atoms with Gasteiger partial charge in [-0.3, -0.25) is 4.79 Å². The van der Waals surface area contributed by atoms with Gasteiger partial charge in [0.25, 0.3) is 0 Å². The van der Waals surface area contributed by atoms with Gasteiger partial charge in [-0.2, -0.15) is 0 Å². The molecule has 0 saturated carbocycles. The summed E-state index contributed by atoms with van der Waals surface area (Å²) in [5, 5.41) is 3.63. The summed E-state index contributed by atoms with van der Waals surface area (Å²) in [6.07, 6.45) is 5.44. The molecule has 3 heterocycles. The molecule has 0 spiro atoms. The number of hydrogen-bond donors (Lipinski definition) is 1. The predicted molar refractivity (Wildman–Crippen MR) is 102 cm³/mol. The summed E-state index contributed by atoms with van der Waals surface area (Å²) < 4.78 is 1.71. The first-order valence-electron chi connectivity index (χ1n) is 8.27. The van der Waals surface area contributed by atoms with E-state index < -0.39 is 0 Å². The zero-order chi connectivity index (χ0) is 18.1. The van der Waals surface area contributed by atoms with E-state index in [9.17, 15) is 4.79 Å². The standard InChI is InChI=1S/C17H16Cl2N6O/c18-12-4-3-11(7-13(12)19)23-14(26)8-25-10-22-15-16(20-9-21-17(15)25)24-5-1-2-6-24/h3-4,7,9-10H,1-2,5-6,8H2,(H,23,26). The summed E-state index contributed by atoms with van der Waals surface area (Å²) in [5.74, 6) is 0.625. The normalized spacial score (nSPS) is 14.2. The summed E-state index contributed by atoms with van der Waals surface area (Å²) in [5.41, 5.74) is 1.95. The number of imidazole rings is 1. The lowest BCUT2D eigenvalue weighted by Gasteiger charge is -2.16. The number of fused-ring (bicyclic) bond motifs is 1. The molecular weight excluding hydrogens is 375 g/mol. The maximum atomic E-state index is 12.4. The Balaban J connectivity index is 1.54. The van der Waals surface area contributed by atoms with Crippen molar-refractivity contribution in [2.45, 2.75) is 19.4 Å². The Morgan fingerprint density at radius 2 is 1.92 bits per heavy atom. The molecule has 7 nitrogen and oxygen atoms in total. The lowest BCUT2D eigenvalue weighted by atomic mass is 10.3. The molecule has 1 aliphatic rings. The van der Waals surface area contributed by atoms with Crippen molar-refractivity contribution in [3.8, 4) is 0 Å². The fourth-order valence-corrected chi connectivity index (χ4v) is 3.37.